The van der Waals surface area contributed by atoms with Crippen LogP contribution in [0.2, 0.25) is 0 Å². The van der Waals surface area contributed by atoms with Gasteiger partial charge in [0.1, 0.15) is 5.75 Å². The van der Waals surface area contributed by atoms with Crippen LogP contribution in [0.4, 0.5) is 0 Å². The summed E-state index contributed by atoms with van der Waals surface area (Å²) in [5, 5.41) is 0. The number of aromatic nitrogens is 2. The molecule has 2 aliphatic heterocycles. The Morgan fingerprint density at radius 1 is 1.07 bits per heavy atom. The number of methoxy groups -OCH3 is 1. The summed E-state index contributed by atoms with van der Waals surface area (Å²) >= 11 is 0. The van der Waals surface area contributed by atoms with Crippen LogP contribution in [-0.4, -0.2) is 33.9 Å². The highest BCUT2D eigenvalue weighted by atomic mass is 16.5. The van der Waals surface area contributed by atoms with Gasteiger partial charge in [-0.05, 0) is 25.0 Å². The van der Waals surface area contributed by atoms with Crippen LogP contribution in [0, 0.1) is 0 Å². The van der Waals surface area contributed by atoms with Crippen LogP contribution < -0.4 is 4.74 Å². The smallest absolute Gasteiger partial charge is 0.258 e. The first-order valence-electron chi connectivity index (χ1n) is 9.63. The summed E-state index contributed by atoms with van der Waals surface area (Å²) in [5.74, 6) is 1.40. The third kappa shape index (κ3) is 2.66. The Hall–Kier alpha value is -3.21. The number of hydrogen-bond acceptors (Lipinski definition) is 4. The maximum atomic E-state index is 13.3. The molecule has 2 bridgehead atoms. The lowest BCUT2D eigenvalue weighted by atomic mass is 9.97. The molecule has 3 heterocycles. The van der Waals surface area contributed by atoms with Crippen LogP contribution in [0.25, 0.3) is 11.4 Å². The van der Waals surface area contributed by atoms with E-state index >= 15 is 0 Å². The average Bonchev–Trinajstić information content (AvgIpc) is 3.08. The molecule has 1 aromatic heterocycles. The van der Waals surface area contributed by atoms with E-state index in [1.165, 1.54) is 0 Å². The predicted molar refractivity (Wildman–Crippen MR) is 106 cm³/mol. The molecular formula is C23H21N3O2. The van der Waals surface area contributed by atoms with Gasteiger partial charge in [0.2, 0.25) is 0 Å². The summed E-state index contributed by atoms with van der Waals surface area (Å²) in [7, 11) is 1.60. The number of carbonyl (C=O) groups excluding carboxylic acids is 1. The lowest BCUT2D eigenvalue weighted by Gasteiger charge is -2.36. The highest BCUT2D eigenvalue weighted by Gasteiger charge is 2.44. The van der Waals surface area contributed by atoms with Crippen molar-refractivity contribution < 1.29 is 9.53 Å². The lowest BCUT2D eigenvalue weighted by molar-refractivity contribution is 0.0640. The first-order valence-corrected chi connectivity index (χ1v) is 9.63. The van der Waals surface area contributed by atoms with Gasteiger partial charge in [0.15, 0.2) is 5.82 Å². The quantitative estimate of drug-likeness (QED) is 0.697. The number of benzene rings is 2. The topological polar surface area (TPSA) is 55.3 Å². The summed E-state index contributed by atoms with van der Waals surface area (Å²) in [4.78, 5) is 24.8. The Balaban J connectivity index is 1.50. The van der Waals surface area contributed by atoms with E-state index in [2.05, 4.69) is 4.98 Å². The number of fused-ring (bicyclic) bond motifs is 4. The molecule has 0 aliphatic carbocycles. The minimum absolute atomic E-state index is 0.0303. The van der Waals surface area contributed by atoms with Gasteiger partial charge in [-0.3, -0.25) is 4.79 Å². The number of para-hydroxylation sites is 1. The van der Waals surface area contributed by atoms with E-state index < -0.39 is 0 Å². The molecule has 2 unspecified atom stereocenters. The lowest BCUT2D eigenvalue weighted by Crippen LogP contribution is -2.42. The van der Waals surface area contributed by atoms with Crippen molar-refractivity contribution in [2.24, 2.45) is 0 Å². The van der Waals surface area contributed by atoms with E-state index in [4.69, 9.17) is 9.72 Å². The second-order valence-corrected chi connectivity index (χ2v) is 7.33. The van der Waals surface area contributed by atoms with E-state index in [-0.39, 0.29) is 18.0 Å². The molecule has 1 fully saturated rings. The van der Waals surface area contributed by atoms with Crippen molar-refractivity contribution in [1.82, 2.24) is 14.9 Å². The fourth-order valence-corrected chi connectivity index (χ4v) is 4.47. The maximum absolute atomic E-state index is 13.3. The normalized spacial score (nSPS) is 20.0. The van der Waals surface area contributed by atoms with Gasteiger partial charge in [-0.25, -0.2) is 9.97 Å². The SMILES string of the molecule is COc1ccccc1C(=O)N1C2CCC1c1cnc(-c3ccccc3)nc1C2. The zero-order valence-corrected chi connectivity index (χ0v) is 15.7. The molecule has 2 aliphatic rings. The first-order chi connectivity index (χ1) is 13.8. The summed E-state index contributed by atoms with van der Waals surface area (Å²) in [6.07, 6.45) is 4.63. The van der Waals surface area contributed by atoms with Crippen molar-refractivity contribution in [2.75, 3.05) is 7.11 Å². The first kappa shape index (κ1) is 16.9. The highest BCUT2D eigenvalue weighted by molar-refractivity contribution is 5.97. The third-order valence-corrected chi connectivity index (χ3v) is 5.79. The standard InChI is InChI=1S/C23H21N3O2/c1-28-21-10-6-5-9-17(21)23(27)26-16-11-12-20(26)18-14-24-22(25-19(18)13-16)15-7-3-2-4-8-15/h2-10,14,16,20H,11-13H2,1H3. The Morgan fingerprint density at radius 2 is 1.86 bits per heavy atom. The molecule has 0 spiro atoms. The van der Waals surface area contributed by atoms with E-state index in [0.29, 0.717) is 11.3 Å². The Kier molecular flexibility index (Phi) is 4.08. The molecule has 3 aromatic rings. The Bertz CT molecular complexity index is 1040. The van der Waals surface area contributed by atoms with Crippen molar-refractivity contribution >= 4 is 5.91 Å². The third-order valence-electron chi connectivity index (χ3n) is 5.79. The molecule has 5 heteroatoms. The van der Waals surface area contributed by atoms with Crippen LogP contribution in [-0.2, 0) is 6.42 Å². The molecule has 1 saturated heterocycles. The predicted octanol–water partition coefficient (Wildman–Crippen LogP) is 4.05. The van der Waals surface area contributed by atoms with Crippen molar-refractivity contribution in [1.29, 1.82) is 0 Å². The zero-order chi connectivity index (χ0) is 19.1. The van der Waals surface area contributed by atoms with E-state index in [0.717, 1.165) is 41.9 Å². The van der Waals surface area contributed by atoms with Crippen LogP contribution in [0.3, 0.4) is 0 Å². The summed E-state index contributed by atoms with van der Waals surface area (Å²) < 4.78 is 5.41. The maximum Gasteiger partial charge on any atom is 0.258 e. The second-order valence-electron chi connectivity index (χ2n) is 7.33. The molecule has 5 rings (SSSR count). The van der Waals surface area contributed by atoms with Crippen LogP contribution >= 0.6 is 0 Å². The minimum Gasteiger partial charge on any atom is -0.496 e. The minimum atomic E-state index is 0.0303. The summed E-state index contributed by atoms with van der Waals surface area (Å²) in [6.45, 7) is 0. The average molecular weight is 371 g/mol. The van der Waals surface area contributed by atoms with Gasteiger partial charge in [0.25, 0.3) is 5.91 Å². The number of amides is 1. The fraction of sp³-hybridized carbons (Fsp3) is 0.261. The zero-order valence-electron chi connectivity index (χ0n) is 15.7. The molecule has 0 saturated carbocycles. The molecule has 28 heavy (non-hydrogen) atoms. The van der Waals surface area contributed by atoms with Crippen molar-refractivity contribution in [3.63, 3.8) is 0 Å². The van der Waals surface area contributed by atoms with Crippen molar-refractivity contribution in [3.05, 3.63) is 77.6 Å². The molecule has 1 amide bonds. The monoisotopic (exact) mass is 371 g/mol. The second kappa shape index (κ2) is 6.75. The largest absolute Gasteiger partial charge is 0.496 e. The number of carbonyl (C=O) groups is 1. The molecule has 5 nitrogen and oxygen atoms in total. The molecular weight excluding hydrogens is 350 g/mol. The Labute approximate surface area is 164 Å². The van der Waals surface area contributed by atoms with Gasteiger partial charge in [0, 0.05) is 29.8 Å². The summed E-state index contributed by atoms with van der Waals surface area (Å²) in [6, 6.07) is 17.7. The van der Waals surface area contributed by atoms with Crippen molar-refractivity contribution in [3.8, 4) is 17.1 Å². The molecule has 2 aromatic carbocycles. The van der Waals surface area contributed by atoms with Crippen molar-refractivity contribution in [2.45, 2.75) is 31.3 Å². The number of ether oxygens (including phenoxy) is 1. The summed E-state index contributed by atoms with van der Waals surface area (Å²) in [5.41, 5.74) is 3.79. The number of rotatable bonds is 3. The molecule has 2 atom stereocenters. The van der Waals surface area contributed by atoms with Crippen LogP contribution in [0.1, 0.15) is 40.5 Å². The molecule has 140 valence electrons. The number of nitrogens with zero attached hydrogens (tertiary/aromatic N) is 3. The molecule has 0 radical (unpaired) electrons. The van der Waals surface area contributed by atoms with Crippen LogP contribution in [0.15, 0.2) is 60.8 Å². The fourth-order valence-electron chi connectivity index (χ4n) is 4.47. The van der Waals surface area contributed by atoms with Gasteiger partial charge in [-0.15, -0.1) is 0 Å². The van der Waals surface area contributed by atoms with Crippen LogP contribution in [0.5, 0.6) is 5.75 Å². The highest BCUT2D eigenvalue weighted by Crippen LogP contribution is 2.44. The van der Waals surface area contributed by atoms with Gasteiger partial charge in [0.05, 0.1) is 24.4 Å². The van der Waals surface area contributed by atoms with E-state index in [9.17, 15) is 4.79 Å². The van der Waals surface area contributed by atoms with E-state index in [1.807, 2.05) is 65.7 Å². The van der Waals surface area contributed by atoms with Gasteiger partial charge in [-0.2, -0.15) is 0 Å². The molecule has 0 N–H and O–H groups in total. The van der Waals surface area contributed by atoms with E-state index in [1.54, 1.807) is 7.11 Å². The van der Waals surface area contributed by atoms with Gasteiger partial charge in [-0.1, -0.05) is 42.5 Å². The van der Waals surface area contributed by atoms with Gasteiger partial charge >= 0.3 is 0 Å². The van der Waals surface area contributed by atoms with Gasteiger partial charge < -0.3 is 9.64 Å². The Morgan fingerprint density at radius 3 is 2.68 bits per heavy atom. The number of hydrogen-bond donors (Lipinski definition) is 0.